The van der Waals surface area contributed by atoms with Crippen LogP contribution in [0.2, 0.25) is 0 Å². The van der Waals surface area contributed by atoms with E-state index >= 15 is 0 Å². The fourth-order valence-corrected chi connectivity index (χ4v) is 2.65. The molecule has 0 spiro atoms. The number of carbonyl (C=O) groups is 1. The predicted octanol–water partition coefficient (Wildman–Crippen LogP) is 1.20. The maximum Gasteiger partial charge on any atom is 0.257 e. The molecule has 2 rings (SSSR count). The van der Waals surface area contributed by atoms with E-state index < -0.39 is 0 Å². The molecule has 1 aromatic rings. The average Bonchev–Trinajstić information content (AvgIpc) is 2.49. The highest BCUT2D eigenvalue weighted by Gasteiger charge is 2.31. The lowest BCUT2D eigenvalue weighted by Gasteiger charge is -2.43. The van der Waals surface area contributed by atoms with Crippen LogP contribution in [0, 0.1) is 6.92 Å². The van der Waals surface area contributed by atoms with Crippen molar-refractivity contribution in [3.8, 4) is 5.75 Å². The third-order valence-electron chi connectivity index (χ3n) is 4.39. The van der Waals surface area contributed by atoms with Crippen LogP contribution in [0.15, 0.2) is 18.2 Å². The van der Waals surface area contributed by atoms with Gasteiger partial charge in [0.2, 0.25) is 0 Å². The van der Waals surface area contributed by atoms with Crippen molar-refractivity contribution in [2.75, 3.05) is 32.7 Å². The topological polar surface area (TPSA) is 69.8 Å². The first-order chi connectivity index (χ1) is 9.86. The first kappa shape index (κ1) is 15.8. The summed E-state index contributed by atoms with van der Waals surface area (Å²) < 4.78 is 0. The Hall–Kier alpha value is -1.59. The number of carbonyl (C=O) groups excluding carboxylic acids is 1. The number of hydrogen-bond acceptors (Lipinski definition) is 4. The fraction of sp³-hybridized carbons (Fsp3) is 0.562. The zero-order valence-electron chi connectivity index (χ0n) is 13.1. The summed E-state index contributed by atoms with van der Waals surface area (Å²) in [4.78, 5) is 16.6. The number of para-hydroxylation sites is 1. The third kappa shape index (κ3) is 3.19. The van der Waals surface area contributed by atoms with Crippen LogP contribution in [0.1, 0.15) is 29.8 Å². The molecule has 0 saturated carbocycles. The highest BCUT2D eigenvalue weighted by atomic mass is 16.3. The number of phenols is 1. The van der Waals surface area contributed by atoms with Crippen LogP contribution in [-0.2, 0) is 0 Å². The summed E-state index contributed by atoms with van der Waals surface area (Å²) in [7, 11) is 0. The van der Waals surface area contributed by atoms with Gasteiger partial charge in [0.25, 0.3) is 5.91 Å². The molecule has 1 saturated heterocycles. The Morgan fingerprint density at radius 3 is 2.48 bits per heavy atom. The molecular formula is C16H25N3O2. The van der Waals surface area contributed by atoms with Crippen LogP contribution in [0.3, 0.4) is 0 Å². The van der Waals surface area contributed by atoms with Gasteiger partial charge < -0.3 is 15.7 Å². The summed E-state index contributed by atoms with van der Waals surface area (Å²) in [5.41, 5.74) is 6.88. The first-order valence-electron chi connectivity index (χ1n) is 7.40. The molecule has 1 aliphatic rings. The van der Waals surface area contributed by atoms with E-state index in [9.17, 15) is 9.90 Å². The highest BCUT2D eigenvalue weighted by Crippen LogP contribution is 2.24. The standard InChI is InChI=1S/C16H25N3O2/c1-12-5-4-6-13(14(12)20)15(21)18-7-9-19(10-8-18)16(2,3)11-17/h4-6,20H,7-11,17H2,1-3H3. The van der Waals surface area contributed by atoms with Crippen molar-refractivity contribution in [2.45, 2.75) is 26.3 Å². The highest BCUT2D eigenvalue weighted by molar-refractivity contribution is 5.97. The summed E-state index contributed by atoms with van der Waals surface area (Å²) in [5, 5.41) is 10.0. The monoisotopic (exact) mass is 291 g/mol. The molecule has 0 aliphatic carbocycles. The molecule has 116 valence electrons. The summed E-state index contributed by atoms with van der Waals surface area (Å²) in [6.45, 7) is 9.58. The van der Waals surface area contributed by atoms with Crippen LogP contribution in [-0.4, -0.2) is 59.1 Å². The Morgan fingerprint density at radius 1 is 1.29 bits per heavy atom. The van der Waals surface area contributed by atoms with E-state index in [1.165, 1.54) is 0 Å². The number of benzene rings is 1. The number of aryl methyl sites for hydroxylation is 1. The molecule has 1 amide bonds. The third-order valence-corrected chi connectivity index (χ3v) is 4.39. The number of aromatic hydroxyl groups is 1. The van der Waals surface area contributed by atoms with E-state index in [-0.39, 0.29) is 17.2 Å². The molecule has 5 nitrogen and oxygen atoms in total. The minimum absolute atomic E-state index is 0.0411. The molecule has 1 fully saturated rings. The lowest BCUT2D eigenvalue weighted by Crippen LogP contribution is -2.58. The summed E-state index contributed by atoms with van der Waals surface area (Å²) in [6, 6.07) is 5.28. The zero-order valence-corrected chi connectivity index (χ0v) is 13.1. The van der Waals surface area contributed by atoms with Gasteiger partial charge in [0.1, 0.15) is 5.75 Å². The van der Waals surface area contributed by atoms with Crippen molar-refractivity contribution in [3.05, 3.63) is 29.3 Å². The van der Waals surface area contributed by atoms with Gasteiger partial charge in [-0.15, -0.1) is 0 Å². The van der Waals surface area contributed by atoms with Gasteiger partial charge in [-0.2, -0.15) is 0 Å². The molecule has 0 aromatic heterocycles. The molecule has 21 heavy (non-hydrogen) atoms. The van der Waals surface area contributed by atoms with Crippen LogP contribution in [0.4, 0.5) is 0 Å². The molecule has 1 heterocycles. The summed E-state index contributed by atoms with van der Waals surface area (Å²) in [6.07, 6.45) is 0. The van der Waals surface area contributed by atoms with Crippen molar-refractivity contribution in [1.29, 1.82) is 0 Å². The van der Waals surface area contributed by atoms with Crippen molar-refractivity contribution >= 4 is 5.91 Å². The number of nitrogens with two attached hydrogens (primary N) is 1. The van der Waals surface area contributed by atoms with E-state index in [4.69, 9.17) is 5.73 Å². The van der Waals surface area contributed by atoms with Gasteiger partial charge in [0.05, 0.1) is 5.56 Å². The van der Waals surface area contributed by atoms with Crippen molar-refractivity contribution < 1.29 is 9.90 Å². The Bertz CT molecular complexity index is 520. The van der Waals surface area contributed by atoms with Gasteiger partial charge in [0.15, 0.2) is 0 Å². The quantitative estimate of drug-likeness (QED) is 0.878. The maximum atomic E-state index is 12.5. The smallest absolute Gasteiger partial charge is 0.257 e. The average molecular weight is 291 g/mol. The molecule has 0 bridgehead atoms. The van der Waals surface area contributed by atoms with Gasteiger partial charge in [-0.3, -0.25) is 9.69 Å². The number of rotatable bonds is 3. The van der Waals surface area contributed by atoms with Crippen molar-refractivity contribution in [2.24, 2.45) is 5.73 Å². The number of hydrogen-bond donors (Lipinski definition) is 2. The van der Waals surface area contributed by atoms with E-state index in [0.717, 1.165) is 18.7 Å². The number of amides is 1. The number of nitrogens with zero attached hydrogens (tertiary/aromatic N) is 2. The minimum atomic E-state index is -0.0959. The second-order valence-corrected chi connectivity index (χ2v) is 6.27. The zero-order chi connectivity index (χ0) is 15.6. The summed E-state index contributed by atoms with van der Waals surface area (Å²) >= 11 is 0. The molecular weight excluding hydrogens is 266 g/mol. The van der Waals surface area contributed by atoms with Gasteiger partial charge in [-0.05, 0) is 32.4 Å². The van der Waals surface area contributed by atoms with Crippen molar-refractivity contribution in [1.82, 2.24) is 9.80 Å². The van der Waals surface area contributed by atoms with E-state index in [2.05, 4.69) is 18.7 Å². The number of piperazine rings is 1. The van der Waals surface area contributed by atoms with E-state index in [1.807, 2.05) is 0 Å². The second-order valence-electron chi connectivity index (χ2n) is 6.27. The fourth-order valence-electron chi connectivity index (χ4n) is 2.65. The Kier molecular flexibility index (Phi) is 4.54. The SMILES string of the molecule is Cc1cccc(C(=O)N2CCN(C(C)(C)CN)CC2)c1O. The van der Waals surface area contributed by atoms with Crippen molar-refractivity contribution in [3.63, 3.8) is 0 Å². The molecule has 0 unspecified atom stereocenters. The van der Waals surface area contributed by atoms with Crippen LogP contribution < -0.4 is 5.73 Å². The first-order valence-corrected chi connectivity index (χ1v) is 7.40. The predicted molar refractivity (Wildman–Crippen MR) is 83.5 cm³/mol. The van der Waals surface area contributed by atoms with Crippen LogP contribution in [0.5, 0.6) is 5.75 Å². The maximum absolute atomic E-state index is 12.5. The van der Waals surface area contributed by atoms with Gasteiger partial charge in [0, 0.05) is 38.3 Å². The van der Waals surface area contributed by atoms with Crippen LogP contribution in [0.25, 0.3) is 0 Å². The van der Waals surface area contributed by atoms with Gasteiger partial charge >= 0.3 is 0 Å². The van der Waals surface area contributed by atoms with Crippen LogP contribution >= 0.6 is 0 Å². The Labute approximate surface area is 126 Å². The molecule has 1 aliphatic heterocycles. The largest absolute Gasteiger partial charge is 0.507 e. The normalized spacial score (nSPS) is 17.0. The Balaban J connectivity index is 2.06. The van der Waals surface area contributed by atoms with E-state index in [0.29, 0.717) is 25.2 Å². The lowest BCUT2D eigenvalue weighted by molar-refractivity contribution is 0.0424. The molecule has 5 heteroatoms. The minimum Gasteiger partial charge on any atom is -0.507 e. The Morgan fingerprint density at radius 2 is 1.90 bits per heavy atom. The molecule has 1 aromatic carbocycles. The second kappa shape index (κ2) is 6.03. The van der Waals surface area contributed by atoms with Gasteiger partial charge in [-0.1, -0.05) is 12.1 Å². The summed E-state index contributed by atoms with van der Waals surface area (Å²) in [5.74, 6) is -0.00591. The number of phenolic OH excluding ortho intramolecular Hbond substituents is 1. The van der Waals surface area contributed by atoms with Gasteiger partial charge in [-0.25, -0.2) is 0 Å². The lowest BCUT2D eigenvalue weighted by atomic mass is 10.0. The molecule has 3 N–H and O–H groups in total. The van der Waals surface area contributed by atoms with E-state index in [1.54, 1.807) is 30.0 Å². The molecule has 0 atom stereocenters. The molecule has 0 radical (unpaired) electrons.